The van der Waals surface area contributed by atoms with E-state index in [1.807, 2.05) is 0 Å². The molecule has 21 heavy (non-hydrogen) atoms. The number of nitrogens with zero attached hydrogens (tertiary/aromatic N) is 1. The molecule has 1 fully saturated rings. The summed E-state index contributed by atoms with van der Waals surface area (Å²) in [5, 5.41) is 3.33. The van der Waals surface area contributed by atoms with Gasteiger partial charge in [0.1, 0.15) is 0 Å². The van der Waals surface area contributed by atoms with Crippen molar-refractivity contribution in [1.82, 2.24) is 10.2 Å². The SMILES string of the molecule is CCCC1(C(=O)N(C)Cc2ccc(F)c(F)c2)CCCN1. The third kappa shape index (κ3) is 3.40. The van der Waals surface area contributed by atoms with Gasteiger partial charge in [-0.3, -0.25) is 4.79 Å². The van der Waals surface area contributed by atoms with E-state index in [1.54, 1.807) is 11.9 Å². The fraction of sp³-hybridized carbons (Fsp3) is 0.562. The van der Waals surface area contributed by atoms with E-state index < -0.39 is 17.2 Å². The summed E-state index contributed by atoms with van der Waals surface area (Å²) in [6, 6.07) is 3.75. The highest BCUT2D eigenvalue weighted by atomic mass is 19.2. The van der Waals surface area contributed by atoms with Crippen molar-refractivity contribution in [2.45, 2.75) is 44.7 Å². The molecule has 3 nitrogen and oxygen atoms in total. The fourth-order valence-electron chi connectivity index (χ4n) is 3.08. The second kappa shape index (κ2) is 6.52. The maximum atomic E-state index is 13.2. The summed E-state index contributed by atoms with van der Waals surface area (Å²) in [7, 11) is 1.71. The van der Waals surface area contributed by atoms with E-state index in [0.717, 1.165) is 44.4 Å². The highest BCUT2D eigenvalue weighted by Gasteiger charge is 2.41. The maximum Gasteiger partial charge on any atom is 0.242 e. The molecule has 0 aromatic heterocycles. The highest BCUT2D eigenvalue weighted by molar-refractivity contribution is 5.86. The van der Waals surface area contributed by atoms with Crippen LogP contribution >= 0.6 is 0 Å². The summed E-state index contributed by atoms with van der Waals surface area (Å²) in [5.41, 5.74) is 0.108. The number of likely N-dealkylation sites (N-methyl/N-ethyl adjacent to an activating group) is 1. The number of benzene rings is 1. The molecule has 1 N–H and O–H groups in total. The van der Waals surface area contributed by atoms with Crippen LogP contribution in [0.3, 0.4) is 0 Å². The van der Waals surface area contributed by atoms with Gasteiger partial charge in [-0.2, -0.15) is 0 Å². The van der Waals surface area contributed by atoms with Crippen molar-refractivity contribution in [2.24, 2.45) is 0 Å². The van der Waals surface area contributed by atoms with Crippen LogP contribution in [0.1, 0.15) is 38.2 Å². The minimum absolute atomic E-state index is 0.0339. The lowest BCUT2D eigenvalue weighted by molar-refractivity contribution is -0.137. The lowest BCUT2D eigenvalue weighted by Crippen LogP contribution is -2.53. The summed E-state index contributed by atoms with van der Waals surface area (Å²) >= 11 is 0. The molecule has 0 radical (unpaired) electrons. The fourth-order valence-corrected chi connectivity index (χ4v) is 3.08. The van der Waals surface area contributed by atoms with E-state index in [2.05, 4.69) is 12.2 Å². The standard InChI is InChI=1S/C16H22F2N2O/c1-3-7-16(8-4-9-19-16)15(21)20(2)11-12-5-6-13(17)14(18)10-12/h5-6,10,19H,3-4,7-9,11H2,1-2H3. The molecule has 1 amide bonds. The van der Waals surface area contributed by atoms with Crippen molar-refractivity contribution in [3.63, 3.8) is 0 Å². The largest absolute Gasteiger partial charge is 0.340 e. The molecule has 1 atom stereocenters. The highest BCUT2D eigenvalue weighted by Crippen LogP contribution is 2.27. The number of rotatable bonds is 5. The van der Waals surface area contributed by atoms with Crippen LogP contribution in [0.4, 0.5) is 8.78 Å². The normalized spacial score (nSPS) is 21.5. The Bertz CT molecular complexity index is 513. The molecule has 1 aliphatic heterocycles. The second-order valence-electron chi connectivity index (χ2n) is 5.77. The predicted molar refractivity (Wildman–Crippen MR) is 77.7 cm³/mol. The molecule has 1 aromatic carbocycles. The number of amides is 1. The average molecular weight is 296 g/mol. The molecule has 1 aliphatic rings. The number of nitrogens with one attached hydrogen (secondary N) is 1. The van der Waals surface area contributed by atoms with E-state index in [0.29, 0.717) is 5.56 Å². The minimum Gasteiger partial charge on any atom is -0.340 e. The summed E-state index contributed by atoms with van der Waals surface area (Å²) in [5.74, 6) is -1.71. The molecular formula is C16H22F2N2O. The number of carbonyl (C=O) groups excluding carboxylic acids is 1. The first-order chi connectivity index (χ1) is 9.98. The number of carbonyl (C=O) groups is 1. The molecule has 0 spiro atoms. The molecule has 2 rings (SSSR count). The van der Waals surface area contributed by atoms with Crippen molar-refractivity contribution in [3.8, 4) is 0 Å². The van der Waals surface area contributed by atoms with Crippen molar-refractivity contribution in [2.75, 3.05) is 13.6 Å². The molecule has 1 saturated heterocycles. The topological polar surface area (TPSA) is 32.3 Å². The molecule has 5 heteroatoms. The van der Waals surface area contributed by atoms with E-state index >= 15 is 0 Å². The van der Waals surface area contributed by atoms with E-state index in [4.69, 9.17) is 0 Å². The second-order valence-corrected chi connectivity index (χ2v) is 5.77. The molecule has 1 heterocycles. The summed E-state index contributed by atoms with van der Waals surface area (Å²) in [4.78, 5) is 14.3. The number of hydrogen-bond acceptors (Lipinski definition) is 2. The van der Waals surface area contributed by atoms with E-state index in [1.165, 1.54) is 6.07 Å². The Labute approximate surface area is 124 Å². The van der Waals surface area contributed by atoms with Crippen LogP contribution in [-0.2, 0) is 11.3 Å². The van der Waals surface area contributed by atoms with Gasteiger partial charge in [0.2, 0.25) is 5.91 Å². The van der Waals surface area contributed by atoms with Crippen molar-refractivity contribution < 1.29 is 13.6 Å². The first-order valence-corrected chi connectivity index (χ1v) is 7.43. The van der Waals surface area contributed by atoms with Crippen molar-refractivity contribution in [1.29, 1.82) is 0 Å². The average Bonchev–Trinajstić information content (AvgIpc) is 2.92. The molecule has 116 valence electrons. The molecule has 0 aliphatic carbocycles. The van der Waals surface area contributed by atoms with E-state index in [-0.39, 0.29) is 12.5 Å². The van der Waals surface area contributed by atoms with E-state index in [9.17, 15) is 13.6 Å². The lowest BCUT2D eigenvalue weighted by atomic mass is 9.90. The Morgan fingerprint density at radius 1 is 1.38 bits per heavy atom. The zero-order valence-electron chi connectivity index (χ0n) is 12.6. The van der Waals surface area contributed by atoms with Crippen LogP contribution in [0.25, 0.3) is 0 Å². The van der Waals surface area contributed by atoms with Crippen molar-refractivity contribution in [3.05, 3.63) is 35.4 Å². The zero-order valence-corrected chi connectivity index (χ0v) is 12.6. The first kappa shape index (κ1) is 15.9. The Morgan fingerprint density at radius 3 is 2.71 bits per heavy atom. The third-order valence-electron chi connectivity index (χ3n) is 4.08. The van der Waals surface area contributed by atoms with Gasteiger partial charge in [-0.15, -0.1) is 0 Å². The summed E-state index contributed by atoms with van der Waals surface area (Å²) in [6.45, 7) is 3.19. The monoisotopic (exact) mass is 296 g/mol. The van der Waals surface area contributed by atoms with Gasteiger partial charge < -0.3 is 10.2 Å². The van der Waals surface area contributed by atoms with Gasteiger partial charge >= 0.3 is 0 Å². The zero-order chi connectivity index (χ0) is 15.5. The van der Waals surface area contributed by atoms with Gasteiger partial charge in [-0.05, 0) is 43.5 Å². The Kier molecular flexibility index (Phi) is 4.93. The van der Waals surface area contributed by atoms with Gasteiger partial charge in [-0.1, -0.05) is 19.4 Å². The van der Waals surface area contributed by atoms with Crippen LogP contribution in [0.15, 0.2) is 18.2 Å². The Hall–Kier alpha value is -1.49. The molecular weight excluding hydrogens is 274 g/mol. The minimum atomic E-state index is -0.879. The predicted octanol–water partition coefficient (Wildman–Crippen LogP) is 2.85. The van der Waals surface area contributed by atoms with Crippen molar-refractivity contribution >= 4 is 5.91 Å². The van der Waals surface area contributed by atoms with Crippen LogP contribution < -0.4 is 5.32 Å². The molecule has 0 saturated carbocycles. The number of hydrogen-bond donors (Lipinski definition) is 1. The lowest BCUT2D eigenvalue weighted by Gasteiger charge is -2.32. The van der Waals surface area contributed by atoms with Crippen LogP contribution in [-0.4, -0.2) is 29.9 Å². The first-order valence-electron chi connectivity index (χ1n) is 7.43. The van der Waals surface area contributed by atoms with Gasteiger partial charge in [0.15, 0.2) is 11.6 Å². The Morgan fingerprint density at radius 2 is 2.14 bits per heavy atom. The quantitative estimate of drug-likeness (QED) is 0.906. The van der Waals surface area contributed by atoms with Crippen LogP contribution in [0.2, 0.25) is 0 Å². The van der Waals surface area contributed by atoms with Gasteiger partial charge in [-0.25, -0.2) is 8.78 Å². The van der Waals surface area contributed by atoms with Crippen LogP contribution in [0.5, 0.6) is 0 Å². The van der Waals surface area contributed by atoms with Gasteiger partial charge in [0, 0.05) is 13.6 Å². The molecule has 1 aromatic rings. The third-order valence-corrected chi connectivity index (χ3v) is 4.08. The summed E-state index contributed by atoms with van der Waals surface area (Å²) < 4.78 is 26.2. The smallest absolute Gasteiger partial charge is 0.242 e. The number of halogens is 2. The van der Waals surface area contributed by atoms with Gasteiger partial charge in [0.25, 0.3) is 0 Å². The van der Waals surface area contributed by atoms with Gasteiger partial charge in [0.05, 0.1) is 5.54 Å². The Balaban J connectivity index is 2.09. The van der Waals surface area contributed by atoms with Crippen LogP contribution in [0, 0.1) is 11.6 Å². The molecule has 0 bridgehead atoms. The maximum absolute atomic E-state index is 13.2. The summed E-state index contributed by atoms with van der Waals surface area (Å²) in [6.07, 6.45) is 3.55. The molecule has 1 unspecified atom stereocenters.